The number of benzene rings is 1. The maximum absolute atomic E-state index is 13.0. The lowest BCUT2D eigenvalue weighted by molar-refractivity contribution is -0.279. The molecule has 0 radical (unpaired) electrons. The molecule has 1 rings (SSSR count). The molecule has 0 aromatic heterocycles. The largest absolute Gasteiger partial charge is 0.481 e. The van der Waals surface area contributed by atoms with Crippen molar-refractivity contribution in [1.29, 1.82) is 0 Å². The Labute approximate surface area is 95.8 Å². The van der Waals surface area contributed by atoms with Crippen molar-refractivity contribution in [3.8, 4) is 0 Å². The highest BCUT2D eigenvalue weighted by molar-refractivity contribution is 5.69. The van der Waals surface area contributed by atoms with Gasteiger partial charge in [0.2, 0.25) is 0 Å². The standard InChI is InChI=1S/C11H11F3O3/c1-17-10(7-9(15)16,11(12,13)14)8-5-3-2-4-6-8/h2-6H,7H2,1H3,(H,15,16). The summed E-state index contributed by atoms with van der Waals surface area (Å²) >= 11 is 0. The van der Waals surface area contributed by atoms with E-state index in [1.165, 1.54) is 24.3 Å². The predicted octanol–water partition coefficient (Wildman–Crippen LogP) is 2.57. The SMILES string of the molecule is COC(CC(=O)O)(c1ccccc1)C(F)(F)F. The van der Waals surface area contributed by atoms with E-state index in [1.54, 1.807) is 6.07 Å². The predicted molar refractivity (Wildman–Crippen MR) is 53.4 cm³/mol. The smallest absolute Gasteiger partial charge is 0.422 e. The minimum absolute atomic E-state index is 0.225. The van der Waals surface area contributed by atoms with Crippen LogP contribution in [0.1, 0.15) is 12.0 Å². The Morgan fingerprint density at radius 1 is 1.29 bits per heavy atom. The summed E-state index contributed by atoms with van der Waals surface area (Å²) in [6, 6.07) is 6.73. The van der Waals surface area contributed by atoms with Gasteiger partial charge < -0.3 is 9.84 Å². The summed E-state index contributed by atoms with van der Waals surface area (Å²) in [6.45, 7) is 0. The van der Waals surface area contributed by atoms with E-state index in [9.17, 15) is 18.0 Å². The zero-order valence-corrected chi connectivity index (χ0v) is 8.99. The van der Waals surface area contributed by atoms with E-state index in [2.05, 4.69) is 4.74 Å². The van der Waals surface area contributed by atoms with Crippen molar-refractivity contribution in [2.45, 2.75) is 18.2 Å². The molecule has 0 aliphatic carbocycles. The van der Waals surface area contributed by atoms with Crippen molar-refractivity contribution in [1.82, 2.24) is 0 Å². The molecule has 0 saturated heterocycles. The molecule has 0 bridgehead atoms. The van der Waals surface area contributed by atoms with Crippen molar-refractivity contribution in [2.75, 3.05) is 7.11 Å². The topological polar surface area (TPSA) is 46.5 Å². The highest BCUT2D eigenvalue weighted by Gasteiger charge is 2.57. The number of rotatable bonds is 4. The molecule has 1 aromatic carbocycles. The quantitative estimate of drug-likeness (QED) is 0.890. The van der Waals surface area contributed by atoms with Gasteiger partial charge in [-0.15, -0.1) is 0 Å². The Kier molecular flexibility index (Phi) is 3.77. The average molecular weight is 248 g/mol. The van der Waals surface area contributed by atoms with E-state index in [4.69, 9.17) is 5.11 Å². The fraction of sp³-hybridized carbons (Fsp3) is 0.364. The normalized spacial score (nSPS) is 15.3. The third-order valence-corrected chi connectivity index (χ3v) is 2.45. The molecule has 1 unspecified atom stereocenters. The van der Waals surface area contributed by atoms with Gasteiger partial charge in [-0.05, 0) is 5.56 Å². The Bertz CT molecular complexity index is 389. The number of hydrogen-bond donors (Lipinski definition) is 1. The van der Waals surface area contributed by atoms with Crippen LogP contribution in [0.2, 0.25) is 0 Å². The van der Waals surface area contributed by atoms with Crippen LogP contribution >= 0.6 is 0 Å². The highest BCUT2D eigenvalue weighted by Crippen LogP contribution is 2.44. The molecule has 6 heteroatoms. The first-order valence-electron chi connectivity index (χ1n) is 4.72. The molecular formula is C11H11F3O3. The van der Waals surface area contributed by atoms with E-state index in [0.29, 0.717) is 0 Å². The summed E-state index contributed by atoms with van der Waals surface area (Å²) in [5.74, 6) is -1.58. The Hall–Kier alpha value is -1.56. The van der Waals surface area contributed by atoms with Gasteiger partial charge in [-0.3, -0.25) is 4.79 Å². The van der Waals surface area contributed by atoms with Crippen molar-refractivity contribution in [3.63, 3.8) is 0 Å². The van der Waals surface area contributed by atoms with E-state index >= 15 is 0 Å². The van der Waals surface area contributed by atoms with Crippen LogP contribution in [0.25, 0.3) is 0 Å². The number of methoxy groups -OCH3 is 1. The van der Waals surface area contributed by atoms with Crippen LogP contribution in [-0.4, -0.2) is 24.4 Å². The van der Waals surface area contributed by atoms with Crippen LogP contribution in [0.4, 0.5) is 13.2 Å². The molecule has 0 saturated carbocycles. The lowest BCUT2D eigenvalue weighted by atomic mass is 9.89. The van der Waals surface area contributed by atoms with E-state index in [-0.39, 0.29) is 5.56 Å². The van der Waals surface area contributed by atoms with E-state index in [0.717, 1.165) is 7.11 Å². The number of carbonyl (C=O) groups is 1. The first-order chi connectivity index (χ1) is 7.83. The Morgan fingerprint density at radius 2 is 1.82 bits per heavy atom. The second-order valence-electron chi connectivity index (χ2n) is 3.47. The van der Waals surface area contributed by atoms with Crippen LogP contribution in [-0.2, 0) is 15.1 Å². The number of alkyl halides is 3. The number of carboxylic acids is 1. The molecule has 0 fully saturated rings. The molecule has 0 heterocycles. The molecule has 94 valence electrons. The zero-order valence-electron chi connectivity index (χ0n) is 8.99. The van der Waals surface area contributed by atoms with Crippen molar-refractivity contribution in [3.05, 3.63) is 35.9 Å². The van der Waals surface area contributed by atoms with Gasteiger partial charge in [-0.1, -0.05) is 30.3 Å². The number of halogens is 3. The lowest BCUT2D eigenvalue weighted by Gasteiger charge is -2.33. The second-order valence-corrected chi connectivity index (χ2v) is 3.47. The maximum atomic E-state index is 13.0. The van der Waals surface area contributed by atoms with Crippen LogP contribution < -0.4 is 0 Å². The third kappa shape index (κ3) is 2.58. The maximum Gasteiger partial charge on any atom is 0.422 e. The van der Waals surface area contributed by atoms with Crippen molar-refractivity contribution in [2.24, 2.45) is 0 Å². The Morgan fingerprint density at radius 3 is 2.18 bits per heavy atom. The summed E-state index contributed by atoms with van der Waals surface area (Å²) in [7, 11) is 0.851. The van der Waals surface area contributed by atoms with Crippen LogP contribution in [0.15, 0.2) is 30.3 Å². The summed E-state index contributed by atoms with van der Waals surface area (Å²) in [5.41, 5.74) is -3.03. The molecular weight excluding hydrogens is 237 g/mol. The zero-order chi connectivity index (χ0) is 13.1. The molecule has 0 amide bonds. The monoisotopic (exact) mass is 248 g/mol. The van der Waals surface area contributed by atoms with Crippen LogP contribution in [0.3, 0.4) is 0 Å². The summed E-state index contributed by atoms with van der Waals surface area (Å²) in [4.78, 5) is 10.6. The lowest BCUT2D eigenvalue weighted by Crippen LogP contribution is -2.45. The summed E-state index contributed by atoms with van der Waals surface area (Å²) in [6.07, 6.45) is -5.97. The summed E-state index contributed by atoms with van der Waals surface area (Å²) < 4.78 is 43.6. The molecule has 0 spiro atoms. The van der Waals surface area contributed by atoms with Crippen molar-refractivity contribution >= 4 is 5.97 Å². The second kappa shape index (κ2) is 4.75. The molecule has 0 aliphatic rings. The molecule has 1 aromatic rings. The van der Waals surface area contributed by atoms with Crippen LogP contribution in [0.5, 0.6) is 0 Å². The average Bonchev–Trinajstić information content (AvgIpc) is 2.25. The molecule has 0 aliphatic heterocycles. The van der Waals surface area contributed by atoms with Gasteiger partial charge in [0.1, 0.15) is 0 Å². The number of carboxylic acid groups (broad SMARTS) is 1. The van der Waals surface area contributed by atoms with Gasteiger partial charge in [0.25, 0.3) is 0 Å². The van der Waals surface area contributed by atoms with Gasteiger partial charge >= 0.3 is 12.1 Å². The van der Waals surface area contributed by atoms with E-state index in [1.807, 2.05) is 0 Å². The van der Waals surface area contributed by atoms with Gasteiger partial charge in [-0.25, -0.2) is 0 Å². The van der Waals surface area contributed by atoms with Gasteiger partial charge in [0, 0.05) is 7.11 Å². The molecule has 1 N–H and O–H groups in total. The molecule has 1 atom stereocenters. The number of hydrogen-bond acceptors (Lipinski definition) is 2. The van der Waals surface area contributed by atoms with E-state index < -0.39 is 24.2 Å². The van der Waals surface area contributed by atoms with Crippen molar-refractivity contribution < 1.29 is 27.8 Å². The highest BCUT2D eigenvalue weighted by atomic mass is 19.4. The van der Waals surface area contributed by atoms with Gasteiger partial charge in [0.15, 0.2) is 5.60 Å². The van der Waals surface area contributed by atoms with Gasteiger partial charge in [0.05, 0.1) is 6.42 Å². The minimum Gasteiger partial charge on any atom is -0.481 e. The number of ether oxygens (including phenoxy) is 1. The third-order valence-electron chi connectivity index (χ3n) is 2.45. The molecule has 17 heavy (non-hydrogen) atoms. The van der Waals surface area contributed by atoms with Crippen LogP contribution in [0, 0.1) is 0 Å². The van der Waals surface area contributed by atoms with Gasteiger partial charge in [-0.2, -0.15) is 13.2 Å². The minimum atomic E-state index is -4.80. The first kappa shape index (κ1) is 13.5. The Balaban J connectivity index is 3.31. The first-order valence-corrected chi connectivity index (χ1v) is 4.72. The fourth-order valence-electron chi connectivity index (χ4n) is 1.59. The fourth-order valence-corrected chi connectivity index (χ4v) is 1.59. The molecule has 3 nitrogen and oxygen atoms in total. The summed E-state index contributed by atoms with van der Waals surface area (Å²) in [5, 5.41) is 8.62. The number of aliphatic carboxylic acids is 1.